The summed E-state index contributed by atoms with van der Waals surface area (Å²) in [5.41, 5.74) is 0.884. The average molecular weight is 418 g/mol. The topological polar surface area (TPSA) is 140 Å². The smallest absolute Gasteiger partial charge is 0.219 e. The fourth-order valence-corrected chi connectivity index (χ4v) is 4.00. The molecule has 3 rings (SSSR count). The maximum atomic E-state index is 11.8. The summed E-state index contributed by atoms with van der Waals surface area (Å²) in [6, 6.07) is 0. The van der Waals surface area contributed by atoms with Crippen LogP contribution in [0.25, 0.3) is 11.2 Å². The van der Waals surface area contributed by atoms with Crippen molar-refractivity contribution in [3.8, 4) is 0 Å². The summed E-state index contributed by atoms with van der Waals surface area (Å²) in [5, 5.41) is 30.6. The van der Waals surface area contributed by atoms with E-state index in [-0.39, 0.29) is 6.42 Å². The Hall–Kier alpha value is -1.07. The van der Waals surface area contributed by atoms with Crippen LogP contribution in [0.5, 0.6) is 0 Å². The van der Waals surface area contributed by atoms with Crippen LogP contribution in [0.3, 0.4) is 0 Å². The van der Waals surface area contributed by atoms with Crippen molar-refractivity contribution in [2.24, 2.45) is 0 Å². The van der Waals surface area contributed by atoms with Crippen molar-refractivity contribution >= 4 is 31.8 Å². The molecule has 0 radical (unpaired) electrons. The molecule has 1 saturated heterocycles. The van der Waals surface area contributed by atoms with Crippen molar-refractivity contribution in [2.45, 2.75) is 68.2 Å². The second kappa shape index (κ2) is 8.52. The lowest BCUT2D eigenvalue weighted by Crippen LogP contribution is -2.33. The van der Waals surface area contributed by atoms with Gasteiger partial charge < -0.3 is 24.6 Å². The standard InChI is InChI=1S/C15H23N4O6PS/c1-3-8(25-26(23)7(2)20)4-9-11(21)12(22)15(24-9)19-6-18-10-13(19)16-5-17-14(10)27/h5-9,11-12,15,20-22,26H,3-4H2,1-2H3,(H,16,17,27)/t7?,8?,9-,11-,12-,15?/m1/s1. The van der Waals surface area contributed by atoms with Crippen molar-refractivity contribution in [1.29, 1.82) is 0 Å². The number of aliphatic hydroxyl groups is 3. The molecule has 2 aromatic heterocycles. The van der Waals surface area contributed by atoms with Crippen LogP contribution in [0.4, 0.5) is 0 Å². The number of imidazole rings is 1. The Labute approximate surface area is 161 Å². The van der Waals surface area contributed by atoms with Crippen LogP contribution in [-0.2, 0) is 13.8 Å². The molecule has 0 bridgehead atoms. The highest BCUT2D eigenvalue weighted by molar-refractivity contribution is 7.80. The van der Waals surface area contributed by atoms with Gasteiger partial charge in [-0.3, -0.25) is 9.13 Å². The highest BCUT2D eigenvalue weighted by Gasteiger charge is 2.45. The normalized spacial score (nSPS) is 29.1. The van der Waals surface area contributed by atoms with E-state index < -0.39 is 44.5 Å². The lowest BCUT2D eigenvalue weighted by Gasteiger charge is -2.22. The number of aromatic nitrogens is 4. The van der Waals surface area contributed by atoms with Gasteiger partial charge in [0.2, 0.25) is 8.03 Å². The summed E-state index contributed by atoms with van der Waals surface area (Å²) in [5.74, 6) is -1.05. The van der Waals surface area contributed by atoms with Gasteiger partial charge in [-0.05, 0) is 13.3 Å². The second-order valence-corrected chi connectivity index (χ2v) is 8.58. The molecule has 1 fully saturated rings. The summed E-state index contributed by atoms with van der Waals surface area (Å²) in [4.78, 5) is 12.3. The van der Waals surface area contributed by atoms with Gasteiger partial charge in [-0.2, -0.15) is 0 Å². The van der Waals surface area contributed by atoms with Crippen LogP contribution in [0.15, 0.2) is 17.7 Å². The molecule has 0 spiro atoms. The van der Waals surface area contributed by atoms with Gasteiger partial charge in [-0.1, -0.05) is 6.92 Å². The molecule has 12 heteroatoms. The Kier molecular flexibility index (Phi) is 6.52. The van der Waals surface area contributed by atoms with Crippen molar-refractivity contribution in [3.05, 3.63) is 12.7 Å². The molecular formula is C15H23N4O6PS. The van der Waals surface area contributed by atoms with E-state index in [4.69, 9.17) is 9.26 Å². The maximum Gasteiger partial charge on any atom is 0.219 e. The molecule has 3 N–H and O–H groups in total. The van der Waals surface area contributed by atoms with E-state index in [2.05, 4.69) is 27.6 Å². The summed E-state index contributed by atoms with van der Waals surface area (Å²) in [7, 11) is -2.61. The Morgan fingerprint density at radius 2 is 2.11 bits per heavy atom. The zero-order valence-electron chi connectivity index (χ0n) is 14.8. The van der Waals surface area contributed by atoms with Gasteiger partial charge in [-0.25, -0.2) is 15.0 Å². The minimum absolute atomic E-state index is 0.216. The molecule has 10 nitrogen and oxygen atoms in total. The van der Waals surface area contributed by atoms with Crippen molar-refractivity contribution in [2.75, 3.05) is 0 Å². The minimum atomic E-state index is -2.61. The fraction of sp³-hybridized carbons (Fsp3) is 0.667. The molecule has 1 aliphatic rings. The first-order valence-electron chi connectivity index (χ1n) is 8.60. The summed E-state index contributed by atoms with van der Waals surface area (Å²) in [6.45, 7) is 3.24. The highest BCUT2D eigenvalue weighted by atomic mass is 32.1. The monoisotopic (exact) mass is 418 g/mol. The molecule has 27 heavy (non-hydrogen) atoms. The lowest BCUT2D eigenvalue weighted by atomic mass is 10.0. The first-order valence-corrected chi connectivity index (χ1v) is 10.4. The number of fused-ring (bicyclic) bond motifs is 1. The van der Waals surface area contributed by atoms with Crippen molar-refractivity contribution < 1.29 is 29.1 Å². The van der Waals surface area contributed by atoms with Crippen molar-refractivity contribution in [3.63, 3.8) is 0 Å². The lowest BCUT2D eigenvalue weighted by molar-refractivity contribution is -0.0466. The Morgan fingerprint density at radius 1 is 1.37 bits per heavy atom. The third kappa shape index (κ3) is 4.19. The minimum Gasteiger partial charge on any atom is -0.388 e. The molecule has 3 heterocycles. The predicted octanol–water partition coefficient (Wildman–Crippen LogP) is 0.732. The Balaban J connectivity index is 1.77. The molecule has 4 unspecified atom stereocenters. The van der Waals surface area contributed by atoms with Gasteiger partial charge in [-0.15, -0.1) is 12.6 Å². The Morgan fingerprint density at radius 3 is 2.78 bits per heavy atom. The number of thiol groups is 1. The molecule has 2 aromatic rings. The highest BCUT2D eigenvalue weighted by Crippen LogP contribution is 2.37. The molecular weight excluding hydrogens is 395 g/mol. The van der Waals surface area contributed by atoms with E-state index in [0.717, 1.165) is 0 Å². The predicted molar refractivity (Wildman–Crippen MR) is 99.0 cm³/mol. The SMILES string of the molecule is CCC(C[C@H]1OC(n2cnc3c(S)ncnc32)[C@H](O)[C@@H]1O)O[PH](=O)C(C)O. The van der Waals surface area contributed by atoms with E-state index in [1.54, 1.807) is 0 Å². The third-order valence-electron chi connectivity index (χ3n) is 4.53. The van der Waals surface area contributed by atoms with Gasteiger partial charge in [0.25, 0.3) is 0 Å². The van der Waals surface area contributed by atoms with E-state index in [0.29, 0.717) is 22.6 Å². The van der Waals surface area contributed by atoms with Gasteiger partial charge in [0.1, 0.15) is 34.9 Å². The van der Waals surface area contributed by atoms with Crippen LogP contribution in [0.1, 0.15) is 32.9 Å². The number of aliphatic hydroxyl groups excluding tert-OH is 3. The Bertz CT molecular complexity index is 821. The largest absolute Gasteiger partial charge is 0.388 e. The van der Waals surface area contributed by atoms with Crippen LogP contribution in [-0.4, -0.2) is 65.1 Å². The molecule has 0 aliphatic carbocycles. The molecule has 0 saturated carbocycles. The third-order valence-corrected chi connectivity index (χ3v) is 6.10. The molecule has 0 aromatic carbocycles. The van der Waals surface area contributed by atoms with E-state index >= 15 is 0 Å². The number of ether oxygens (including phenoxy) is 1. The average Bonchev–Trinajstić information content (AvgIpc) is 3.18. The van der Waals surface area contributed by atoms with E-state index in [1.807, 2.05) is 6.92 Å². The molecule has 150 valence electrons. The van der Waals surface area contributed by atoms with Crippen LogP contribution >= 0.6 is 20.7 Å². The number of hydrogen-bond donors (Lipinski definition) is 4. The number of nitrogens with zero attached hydrogens (tertiary/aromatic N) is 4. The maximum absolute atomic E-state index is 11.8. The zero-order chi connectivity index (χ0) is 19.7. The number of hydrogen-bond acceptors (Lipinski definition) is 10. The van der Waals surface area contributed by atoms with Crippen LogP contribution in [0, 0.1) is 0 Å². The first kappa shape index (κ1) is 20.7. The van der Waals surface area contributed by atoms with Crippen molar-refractivity contribution in [1.82, 2.24) is 19.5 Å². The van der Waals surface area contributed by atoms with E-state index in [9.17, 15) is 19.9 Å². The van der Waals surface area contributed by atoms with E-state index in [1.165, 1.54) is 24.1 Å². The second-order valence-electron chi connectivity index (χ2n) is 6.45. The number of rotatable bonds is 7. The zero-order valence-corrected chi connectivity index (χ0v) is 16.7. The van der Waals surface area contributed by atoms with Gasteiger partial charge in [0.05, 0.1) is 18.5 Å². The summed E-state index contributed by atoms with van der Waals surface area (Å²) >= 11 is 4.23. The summed E-state index contributed by atoms with van der Waals surface area (Å²) in [6.07, 6.45) is -1.00. The molecule has 7 atom stereocenters. The molecule has 0 amide bonds. The van der Waals surface area contributed by atoms with Gasteiger partial charge in [0.15, 0.2) is 11.9 Å². The van der Waals surface area contributed by atoms with Crippen LogP contribution in [0.2, 0.25) is 0 Å². The summed E-state index contributed by atoms with van der Waals surface area (Å²) < 4.78 is 24.6. The fourth-order valence-electron chi connectivity index (χ4n) is 3.00. The quantitative estimate of drug-likeness (QED) is 0.291. The van der Waals surface area contributed by atoms with Gasteiger partial charge >= 0.3 is 0 Å². The van der Waals surface area contributed by atoms with Gasteiger partial charge in [0, 0.05) is 6.42 Å². The van der Waals surface area contributed by atoms with Crippen LogP contribution < -0.4 is 0 Å². The first-order chi connectivity index (χ1) is 12.8. The molecule has 1 aliphatic heterocycles.